The van der Waals surface area contributed by atoms with Crippen LogP contribution >= 0.6 is 0 Å². The number of methoxy groups -OCH3 is 1. The van der Waals surface area contributed by atoms with Crippen molar-refractivity contribution in [3.63, 3.8) is 0 Å². The van der Waals surface area contributed by atoms with Gasteiger partial charge in [-0.1, -0.05) is 12.8 Å². The normalized spacial score (nSPS) is 27.9. The second-order valence-corrected chi connectivity index (χ2v) is 3.94. The van der Waals surface area contributed by atoms with Gasteiger partial charge in [0, 0.05) is 26.4 Å². The molecule has 0 saturated heterocycles. The lowest BCUT2D eigenvalue weighted by Crippen LogP contribution is -2.41. The van der Waals surface area contributed by atoms with Gasteiger partial charge in [0.05, 0.1) is 6.10 Å². The van der Waals surface area contributed by atoms with Crippen LogP contribution in [-0.4, -0.2) is 39.5 Å². The summed E-state index contributed by atoms with van der Waals surface area (Å²) in [4.78, 5) is 0. The number of likely N-dealkylation sites (N-methyl/N-ethyl adjacent to an activating group) is 1. The minimum absolute atomic E-state index is 0.422. The lowest BCUT2D eigenvalue weighted by atomic mass is 9.92. The molecule has 0 aromatic rings. The van der Waals surface area contributed by atoms with Crippen molar-refractivity contribution in [2.45, 2.75) is 44.2 Å². The zero-order chi connectivity index (χ0) is 10.2. The summed E-state index contributed by atoms with van der Waals surface area (Å²) in [5, 5.41) is 3.34. The van der Waals surface area contributed by atoms with Gasteiger partial charge in [0.15, 0.2) is 0 Å². The van der Waals surface area contributed by atoms with Crippen molar-refractivity contribution in [2.75, 3.05) is 27.4 Å². The van der Waals surface area contributed by atoms with Crippen molar-refractivity contribution in [3.05, 3.63) is 0 Å². The maximum absolute atomic E-state index is 5.85. The fraction of sp³-hybridized carbons (Fsp3) is 1.00. The van der Waals surface area contributed by atoms with Crippen molar-refractivity contribution < 1.29 is 9.47 Å². The number of rotatable bonds is 6. The molecule has 2 unspecified atom stereocenters. The maximum atomic E-state index is 5.85. The van der Waals surface area contributed by atoms with Crippen LogP contribution in [0.2, 0.25) is 0 Å². The summed E-state index contributed by atoms with van der Waals surface area (Å²) in [5.74, 6) is 0. The molecule has 1 rings (SSSR count). The third-order valence-corrected chi connectivity index (χ3v) is 2.90. The Kier molecular flexibility index (Phi) is 6.15. The molecule has 14 heavy (non-hydrogen) atoms. The van der Waals surface area contributed by atoms with Crippen LogP contribution in [0.3, 0.4) is 0 Å². The summed E-state index contributed by atoms with van der Waals surface area (Å²) in [6.07, 6.45) is 6.54. The molecule has 1 aliphatic rings. The van der Waals surface area contributed by atoms with Gasteiger partial charge in [0.2, 0.25) is 0 Å². The fourth-order valence-corrected chi connectivity index (χ4v) is 2.06. The molecule has 1 fully saturated rings. The first-order valence-electron chi connectivity index (χ1n) is 5.66. The Morgan fingerprint density at radius 1 is 1.21 bits per heavy atom. The molecule has 2 atom stereocenters. The van der Waals surface area contributed by atoms with Gasteiger partial charge in [-0.05, 0) is 26.3 Å². The Morgan fingerprint density at radius 3 is 2.71 bits per heavy atom. The first-order valence-corrected chi connectivity index (χ1v) is 5.66. The first kappa shape index (κ1) is 12.0. The number of ether oxygens (including phenoxy) is 2. The minimum atomic E-state index is 0.422. The summed E-state index contributed by atoms with van der Waals surface area (Å²) < 4.78 is 10.8. The second kappa shape index (κ2) is 7.21. The van der Waals surface area contributed by atoms with E-state index in [9.17, 15) is 0 Å². The highest BCUT2D eigenvalue weighted by Gasteiger charge is 2.23. The smallest absolute Gasteiger partial charge is 0.0727 e. The van der Waals surface area contributed by atoms with Crippen LogP contribution in [-0.2, 0) is 9.47 Å². The molecular formula is C11H23NO2. The third kappa shape index (κ3) is 3.95. The molecule has 0 amide bonds. The van der Waals surface area contributed by atoms with Crippen LogP contribution in [0, 0.1) is 0 Å². The van der Waals surface area contributed by atoms with Crippen molar-refractivity contribution >= 4 is 0 Å². The van der Waals surface area contributed by atoms with Gasteiger partial charge in [0.25, 0.3) is 0 Å². The van der Waals surface area contributed by atoms with Crippen LogP contribution in [0.25, 0.3) is 0 Å². The highest BCUT2D eigenvalue weighted by atomic mass is 16.5. The summed E-state index contributed by atoms with van der Waals surface area (Å²) >= 11 is 0. The molecule has 0 aliphatic heterocycles. The Hall–Kier alpha value is -0.120. The van der Waals surface area contributed by atoms with E-state index in [0.717, 1.165) is 19.6 Å². The van der Waals surface area contributed by atoms with E-state index < -0.39 is 0 Å². The molecule has 84 valence electrons. The Morgan fingerprint density at radius 2 is 2.00 bits per heavy atom. The fourth-order valence-electron chi connectivity index (χ4n) is 2.06. The van der Waals surface area contributed by atoms with Crippen LogP contribution < -0.4 is 5.32 Å². The quantitative estimate of drug-likeness (QED) is 0.662. The second-order valence-electron chi connectivity index (χ2n) is 3.94. The van der Waals surface area contributed by atoms with Crippen LogP contribution in [0.1, 0.15) is 32.1 Å². The largest absolute Gasteiger partial charge is 0.385 e. The lowest BCUT2D eigenvalue weighted by molar-refractivity contribution is -0.000851. The molecule has 0 bridgehead atoms. The molecular weight excluding hydrogens is 178 g/mol. The number of hydrogen-bond donors (Lipinski definition) is 1. The van der Waals surface area contributed by atoms with Crippen LogP contribution in [0.5, 0.6) is 0 Å². The van der Waals surface area contributed by atoms with Gasteiger partial charge < -0.3 is 14.8 Å². The molecule has 0 spiro atoms. The third-order valence-electron chi connectivity index (χ3n) is 2.90. The Balaban J connectivity index is 2.13. The highest BCUT2D eigenvalue weighted by Crippen LogP contribution is 2.21. The molecule has 0 aromatic heterocycles. The zero-order valence-corrected chi connectivity index (χ0v) is 9.42. The number of hydrogen-bond acceptors (Lipinski definition) is 3. The molecule has 0 radical (unpaired) electrons. The molecule has 1 aliphatic carbocycles. The topological polar surface area (TPSA) is 30.5 Å². The van der Waals surface area contributed by atoms with Gasteiger partial charge in [0.1, 0.15) is 0 Å². The Bertz CT molecular complexity index is 141. The minimum Gasteiger partial charge on any atom is -0.385 e. The summed E-state index contributed by atoms with van der Waals surface area (Å²) in [6.45, 7) is 1.63. The lowest BCUT2D eigenvalue weighted by Gasteiger charge is -2.31. The van der Waals surface area contributed by atoms with E-state index in [4.69, 9.17) is 9.47 Å². The van der Waals surface area contributed by atoms with E-state index in [1.165, 1.54) is 25.7 Å². The highest BCUT2D eigenvalue weighted by molar-refractivity contribution is 4.80. The predicted molar refractivity (Wildman–Crippen MR) is 57.5 cm³/mol. The van der Waals surface area contributed by atoms with Gasteiger partial charge in [-0.25, -0.2) is 0 Å². The average molecular weight is 201 g/mol. The van der Waals surface area contributed by atoms with Crippen molar-refractivity contribution in [1.29, 1.82) is 0 Å². The van der Waals surface area contributed by atoms with Crippen molar-refractivity contribution in [1.82, 2.24) is 5.32 Å². The van der Waals surface area contributed by atoms with E-state index in [-0.39, 0.29) is 0 Å². The van der Waals surface area contributed by atoms with Gasteiger partial charge >= 0.3 is 0 Å². The van der Waals surface area contributed by atoms with Crippen molar-refractivity contribution in [3.8, 4) is 0 Å². The average Bonchev–Trinajstić information content (AvgIpc) is 2.25. The van der Waals surface area contributed by atoms with Crippen LogP contribution in [0.15, 0.2) is 0 Å². The zero-order valence-electron chi connectivity index (χ0n) is 9.42. The molecule has 1 saturated carbocycles. The van der Waals surface area contributed by atoms with Gasteiger partial charge in [-0.3, -0.25) is 0 Å². The standard InChI is InChI=1S/C11H23NO2/c1-12-10-6-3-4-7-11(10)14-9-5-8-13-2/h10-12H,3-9H2,1-2H3. The molecule has 3 heteroatoms. The summed E-state index contributed by atoms with van der Waals surface area (Å²) in [7, 11) is 3.76. The molecule has 0 aromatic carbocycles. The van der Waals surface area contributed by atoms with Gasteiger partial charge in [-0.2, -0.15) is 0 Å². The van der Waals surface area contributed by atoms with E-state index in [2.05, 4.69) is 5.32 Å². The van der Waals surface area contributed by atoms with E-state index in [1.807, 2.05) is 7.05 Å². The van der Waals surface area contributed by atoms with E-state index in [0.29, 0.717) is 12.1 Å². The van der Waals surface area contributed by atoms with Crippen LogP contribution in [0.4, 0.5) is 0 Å². The molecule has 1 N–H and O–H groups in total. The monoisotopic (exact) mass is 201 g/mol. The molecule has 0 heterocycles. The SMILES string of the molecule is CNC1CCCCC1OCCCOC. The predicted octanol–water partition coefficient (Wildman–Crippen LogP) is 1.57. The first-order chi connectivity index (χ1) is 6.88. The summed E-state index contributed by atoms with van der Waals surface area (Å²) in [5.41, 5.74) is 0. The summed E-state index contributed by atoms with van der Waals surface area (Å²) in [6, 6.07) is 0.561. The molecule has 3 nitrogen and oxygen atoms in total. The maximum Gasteiger partial charge on any atom is 0.0727 e. The van der Waals surface area contributed by atoms with Gasteiger partial charge in [-0.15, -0.1) is 0 Å². The Labute approximate surface area is 87.2 Å². The van der Waals surface area contributed by atoms with Crippen molar-refractivity contribution in [2.24, 2.45) is 0 Å². The number of nitrogens with one attached hydrogen (secondary N) is 1. The van der Waals surface area contributed by atoms with E-state index >= 15 is 0 Å². The van der Waals surface area contributed by atoms with E-state index in [1.54, 1.807) is 7.11 Å².